The predicted octanol–water partition coefficient (Wildman–Crippen LogP) is 3.64. The molecular weight excluding hydrogens is 330 g/mol. The third-order valence-corrected chi connectivity index (χ3v) is 3.50. The van der Waals surface area contributed by atoms with Crippen molar-refractivity contribution in [3.8, 4) is 11.4 Å². The van der Waals surface area contributed by atoms with E-state index in [0.29, 0.717) is 23.8 Å². The summed E-state index contributed by atoms with van der Waals surface area (Å²) in [6.07, 6.45) is 3.78. The second kappa shape index (κ2) is 7.35. The molecule has 3 aromatic rings. The highest BCUT2D eigenvalue weighted by Gasteiger charge is 2.16. The van der Waals surface area contributed by atoms with Gasteiger partial charge in [-0.25, -0.2) is 4.79 Å². The Morgan fingerprint density at radius 2 is 1.85 bits per heavy atom. The van der Waals surface area contributed by atoms with Gasteiger partial charge in [-0.1, -0.05) is 23.4 Å². The molecule has 2 amide bonds. The van der Waals surface area contributed by atoms with E-state index in [4.69, 9.17) is 4.52 Å². The van der Waals surface area contributed by atoms with Gasteiger partial charge in [-0.2, -0.15) is 4.98 Å². The normalized spacial score (nSPS) is 11.2. The number of amides is 2. The average molecular weight is 351 g/mol. The summed E-state index contributed by atoms with van der Waals surface area (Å²) in [5, 5.41) is 9.76. The van der Waals surface area contributed by atoms with Gasteiger partial charge in [0.05, 0.1) is 6.42 Å². The monoisotopic (exact) mass is 351 g/mol. The zero-order chi connectivity index (χ0) is 18.6. The summed E-state index contributed by atoms with van der Waals surface area (Å²) in [6.45, 7) is 5.78. The Labute approximate surface area is 151 Å². The summed E-state index contributed by atoms with van der Waals surface area (Å²) >= 11 is 0. The summed E-state index contributed by atoms with van der Waals surface area (Å²) in [6, 6.07) is 10.9. The number of urea groups is 1. The largest absolute Gasteiger partial charge is 0.339 e. The van der Waals surface area contributed by atoms with Crippen molar-refractivity contribution >= 4 is 11.7 Å². The van der Waals surface area contributed by atoms with E-state index in [1.54, 1.807) is 12.4 Å². The first-order valence-corrected chi connectivity index (χ1v) is 8.31. The van der Waals surface area contributed by atoms with Crippen LogP contribution in [0.15, 0.2) is 53.3 Å². The molecule has 2 N–H and O–H groups in total. The van der Waals surface area contributed by atoms with Gasteiger partial charge in [-0.15, -0.1) is 0 Å². The number of nitrogens with zero attached hydrogens (tertiary/aromatic N) is 3. The SMILES string of the molecule is CC(C)(C)NC(=O)Nc1ccccc1Cc1nc(-c2ccncc2)no1. The van der Waals surface area contributed by atoms with Gasteiger partial charge in [0.25, 0.3) is 0 Å². The Bertz CT molecular complexity index is 884. The third kappa shape index (κ3) is 4.66. The van der Waals surface area contributed by atoms with Crippen LogP contribution in [0.1, 0.15) is 32.2 Å². The van der Waals surface area contributed by atoms with Crippen molar-refractivity contribution in [1.29, 1.82) is 0 Å². The number of hydrogen-bond donors (Lipinski definition) is 2. The number of para-hydroxylation sites is 1. The molecule has 0 fully saturated rings. The lowest BCUT2D eigenvalue weighted by Crippen LogP contribution is -2.43. The van der Waals surface area contributed by atoms with E-state index in [9.17, 15) is 4.79 Å². The van der Waals surface area contributed by atoms with E-state index < -0.39 is 0 Å². The molecule has 1 aromatic carbocycles. The van der Waals surface area contributed by atoms with Gasteiger partial charge in [-0.3, -0.25) is 4.98 Å². The Morgan fingerprint density at radius 3 is 2.58 bits per heavy atom. The average Bonchev–Trinajstić information content (AvgIpc) is 3.04. The number of rotatable bonds is 4. The molecule has 0 spiro atoms. The van der Waals surface area contributed by atoms with E-state index in [0.717, 1.165) is 11.1 Å². The highest BCUT2D eigenvalue weighted by Crippen LogP contribution is 2.21. The maximum Gasteiger partial charge on any atom is 0.319 e. The molecule has 0 bridgehead atoms. The molecule has 134 valence electrons. The number of carbonyl (C=O) groups is 1. The van der Waals surface area contributed by atoms with Crippen LogP contribution in [0.4, 0.5) is 10.5 Å². The smallest absolute Gasteiger partial charge is 0.319 e. The zero-order valence-corrected chi connectivity index (χ0v) is 15.0. The molecule has 3 rings (SSSR count). The van der Waals surface area contributed by atoms with Gasteiger partial charge < -0.3 is 15.2 Å². The van der Waals surface area contributed by atoms with Crippen molar-refractivity contribution in [1.82, 2.24) is 20.4 Å². The molecular formula is C19H21N5O2. The molecule has 0 aliphatic heterocycles. The second-order valence-electron chi connectivity index (χ2n) is 6.91. The van der Waals surface area contributed by atoms with Crippen LogP contribution in [0, 0.1) is 0 Å². The number of carbonyl (C=O) groups excluding carboxylic acids is 1. The van der Waals surface area contributed by atoms with Crippen LogP contribution >= 0.6 is 0 Å². The van der Waals surface area contributed by atoms with Crippen molar-refractivity contribution in [2.45, 2.75) is 32.7 Å². The first-order valence-electron chi connectivity index (χ1n) is 8.31. The standard InChI is InChI=1S/C19H21N5O2/c1-19(2,3)23-18(25)21-15-7-5-4-6-14(15)12-16-22-17(24-26-16)13-8-10-20-11-9-13/h4-11H,12H2,1-3H3,(H2,21,23,25). The lowest BCUT2D eigenvalue weighted by Gasteiger charge is -2.21. The van der Waals surface area contributed by atoms with Crippen molar-refractivity contribution in [3.05, 3.63) is 60.2 Å². The van der Waals surface area contributed by atoms with Gasteiger partial charge in [-0.05, 0) is 44.5 Å². The summed E-state index contributed by atoms with van der Waals surface area (Å²) in [5.74, 6) is 0.987. The zero-order valence-electron chi connectivity index (χ0n) is 15.0. The van der Waals surface area contributed by atoms with Gasteiger partial charge in [0.15, 0.2) is 0 Å². The Kier molecular flexibility index (Phi) is 4.97. The lowest BCUT2D eigenvalue weighted by atomic mass is 10.1. The Hall–Kier alpha value is -3.22. The minimum absolute atomic E-state index is 0.257. The van der Waals surface area contributed by atoms with Crippen molar-refractivity contribution in [3.63, 3.8) is 0 Å². The maximum absolute atomic E-state index is 12.1. The van der Waals surface area contributed by atoms with E-state index in [-0.39, 0.29) is 11.6 Å². The van der Waals surface area contributed by atoms with Crippen LogP contribution in [-0.2, 0) is 6.42 Å². The molecule has 2 heterocycles. The first kappa shape index (κ1) is 17.6. The number of nitrogens with one attached hydrogen (secondary N) is 2. The van der Waals surface area contributed by atoms with Crippen molar-refractivity contribution < 1.29 is 9.32 Å². The number of aromatic nitrogens is 3. The van der Waals surface area contributed by atoms with E-state index in [1.807, 2.05) is 57.2 Å². The molecule has 2 aromatic heterocycles. The van der Waals surface area contributed by atoms with Crippen LogP contribution < -0.4 is 10.6 Å². The minimum Gasteiger partial charge on any atom is -0.339 e. The van der Waals surface area contributed by atoms with Crippen LogP contribution in [0.5, 0.6) is 0 Å². The summed E-state index contributed by atoms with van der Waals surface area (Å²) in [5.41, 5.74) is 2.12. The summed E-state index contributed by atoms with van der Waals surface area (Å²) < 4.78 is 5.35. The fourth-order valence-corrected chi connectivity index (χ4v) is 2.40. The van der Waals surface area contributed by atoms with Crippen LogP contribution in [0.2, 0.25) is 0 Å². The molecule has 0 saturated heterocycles. The fraction of sp³-hybridized carbons (Fsp3) is 0.263. The first-order chi connectivity index (χ1) is 12.4. The molecule has 0 unspecified atom stereocenters. The quantitative estimate of drug-likeness (QED) is 0.748. The van der Waals surface area contributed by atoms with Gasteiger partial charge in [0.2, 0.25) is 11.7 Å². The molecule has 0 atom stereocenters. The molecule has 7 nitrogen and oxygen atoms in total. The van der Waals surface area contributed by atoms with Crippen molar-refractivity contribution in [2.24, 2.45) is 0 Å². The molecule has 0 aliphatic rings. The molecule has 7 heteroatoms. The van der Waals surface area contributed by atoms with Crippen LogP contribution in [0.25, 0.3) is 11.4 Å². The third-order valence-electron chi connectivity index (χ3n) is 3.50. The highest BCUT2D eigenvalue weighted by atomic mass is 16.5. The number of benzene rings is 1. The van der Waals surface area contributed by atoms with Gasteiger partial charge in [0, 0.05) is 29.2 Å². The van der Waals surface area contributed by atoms with Crippen molar-refractivity contribution in [2.75, 3.05) is 5.32 Å². The van der Waals surface area contributed by atoms with Gasteiger partial charge in [0.1, 0.15) is 0 Å². The highest BCUT2D eigenvalue weighted by molar-refractivity contribution is 5.90. The molecule has 0 radical (unpaired) electrons. The lowest BCUT2D eigenvalue weighted by molar-refractivity contribution is 0.244. The summed E-state index contributed by atoms with van der Waals surface area (Å²) in [4.78, 5) is 20.5. The molecule has 0 aliphatic carbocycles. The second-order valence-corrected chi connectivity index (χ2v) is 6.91. The predicted molar refractivity (Wildman–Crippen MR) is 98.7 cm³/mol. The minimum atomic E-state index is -0.315. The maximum atomic E-state index is 12.1. The molecule has 26 heavy (non-hydrogen) atoms. The Morgan fingerprint density at radius 1 is 1.12 bits per heavy atom. The number of anilines is 1. The number of pyridine rings is 1. The molecule has 0 saturated carbocycles. The topological polar surface area (TPSA) is 92.9 Å². The Balaban J connectivity index is 1.75. The summed E-state index contributed by atoms with van der Waals surface area (Å²) in [7, 11) is 0. The van der Waals surface area contributed by atoms with E-state index in [2.05, 4.69) is 25.8 Å². The van der Waals surface area contributed by atoms with E-state index >= 15 is 0 Å². The fourth-order valence-electron chi connectivity index (χ4n) is 2.40. The van der Waals surface area contributed by atoms with E-state index in [1.165, 1.54) is 0 Å². The van der Waals surface area contributed by atoms with Crippen LogP contribution in [-0.4, -0.2) is 26.7 Å². The van der Waals surface area contributed by atoms with Gasteiger partial charge >= 0.3 is 6.03 Å². The van der Waals surface area contributed by atoms with Crippen LogP contribution in [0.3, 0.4) is 0 Å². The number of hydrogen-bond acceptors (Lipinski definition) is 5.